The number of aryl methyl sites for hydroxylation is 2. The van der Waals surface area contributed by atoms with Crippen LogP contribution in [0.15, 0.2) is 48.5 Å². The van der Waals surface area contributed by atoms with Crippen molar-refractivity contribution in [2.24, 2.45) is 5.41 Å². The third-order valence-corrected chi connectivity index (χ3v) is 7.06. The number of rotatable bonds is 12. The number of benzene rings is 3. The summed E-state index contributed by atoms with van der Waals surface area (Å²) in [6, 6.07) is 16.5. The van der Waals surface area contributed by atoms with Crippen LogP contribution in [-0.4, -0.2) is 32.5 Å². The quantitative estimate of drug-likeness (QED) is 0.251. The first-order valence-corrected chi connectivity index (χ1v) is 13.3. The van der Waals surface area contributed by atoms with Gasteiger partial charge in [-0.25, -0.2) is 0 Å². The molecule has 0 heterocycles. The van der Waals surface area contributed by atoms with Gasteiger partial charge in [0.25, 0.3) is 0 Å². The summed E-state index contributed by atoms with van der Waals surface area (Å²) in [5, 5.41) is 10.9. The van der Waals surface area contributed by atoms with Crippen LogP contribution in [0.2, 0.25) is 0 Å². The molecule has 5 nitrogen and oxygen atoms in total. The molecule has 3 aromatic rings. The Bertz CT molecular complexity index is 1190. The summed E-state index contributed by atoms with van der Waals surface area (Å²) in [5.41, 5.74) is 7.32. The van der Waals surface area contributed by atoms with Crippen LogP contribution in [0.25, 0.3) is 0 Å². The molecule has 0 fully saturated rings. The van der Waals surface area contributed by atoms with Crippen LogP contribution < -0.4 is 9.47 Å². The number of phenolic OH excluding ortho intramolecular Hbond substituents is 1. The van der Waals surface area contributed by atoms with Gasteiger partial charge in [0.2, 0.25) is 0 Å². The van der Waals surface area contributed by atoms with Gasteiger partial charge in [0, 0.05) is 31.8 Å². The second-order valence-corrected chi connectivity index (χ2v) is 11.2. The van der Waals surface area contributed by atoms with Gasteiger partial charge >= 0.3 is 0 Å². The molecule has 0 aliphatic rings. The van der Waals surface area contributed by atoms with Gasteiger partial charge in [-0.1, -0.05) is 75.2 Å². The Kier molecular flexibility index (Phi) is 10.2. The SMILES string of the molecule is COCc1cc(C)cc(Cc2cc(C)cc(COC)c2OCCOc2ccc(C(C)C(C)(C)C)cc2)c1O. The lowest BCUT2D eigenvalue weighted by Gasteiger charge is -2.27. The molecule has 0 amide bonds. The molecule has 0 aliphatic carbocycles. The minimum Gasteiger partial charge on any atom is -0.507 e. The highest BCUT2D eigenvalue weighted by Crippen LogP contribution is 2.35. The van der Waals surface area contributed by atoms with Crippen molar-refractivity contribution >= 4 is 0 Å². The van der Waals surface area contributed by atoms with Gasteiger partial charge in [0.15, 0.2) is 0 Å². The van der Waals surface area contributed by atoms with E-state index in [2.05, 4.69) is 58.9 Å². The summed E-state index contributed by atoms with van der Waals surface area (Å²) in [7, 11) is 3.32. The van der Waals surface area contributed by atoms with Crippen LogP contribution >= 0.6 is 0 Å². The Morgan fingerprint density at radius 3 is 1.87 bits per heavy atom. The lowest BCUT2D eigenvalue weighted by Crippen LogP contribution is -2.15. The van der Waals surface area contributed by atoms with E-state index in [-0.39, 0.29) is 11.2 Å². The van der Waals surface area contributed by atoms with Gasteiger partial charge in [-0.3, -0.25) is 0 Å². The summed E-state index contributed by atoms with van der Waals surface area (Å²) in [6.45, 7) is 14.7. The van der Waals surface area contributed by atoms with Crippen LogP contribution in [0, 0.1) is 19.3 Å². The van der Waals surface area contributed by atoms with Crippen LogP contribution in [0.5, 0.6) is 17.2 Å². The number of aromatic hydroxyl groups is 1. The molecule has 38 heavy (non-hydrogen) atoms. The number of ether oxygens (including phenoxy) is 4. The fourth-order valence-electron chi connectivity index (χ4n) is 4.70. The molecule has 3 rings (SSSR count). The number of phenols is 1. The zero-order valence-electron chi connectivity index (χ0n) is 24.3. The average molecular weight is 521 g/mol. The van der Waals surface area contributed by atoms with E-state index in [0.29, 0.717) is 38.8 Å². The molecule has 0 radical (unpaired) electrons. The van der Waals surface area contributed by atoms with Crippen molar-refractivity contribution in [1.29, 1.82) is 0 Å². The second kappa shape index (κ2) is 13.2. The predicted molar refractivity (Wildman–Crippen MR) is 154 cm³/mol. The third-order valence-electron chi connectivity index (χ3n) is 7.06. The summed E-state index contributed by atoms with van der Waals surface area (Å²) in [5.74, 6) is 2.34. The summed E-state index contributed by atoms with van der Waals surface area (Å²) in [6.07, 6.45) is 0.534. The third kappa shape index (κ3) is 7.75. The first kappa shape index (κ1) is 29.5. The van der Waals surface area contributed by atoms with Gasteiger partial charge in [-0.2, -0.15) is 0 Å². The molecule has 0 saturated heterocycles. The number of hydrogen-bond acceptors (Lipinski definition) is 5. The molecule has 206 valence electrons. The van der Waals surface area contributed by atoms with E-state index in [1.165, 1.54) is 5.56 Å². The van der Waals surface area contributed by atoms with Crippen molar-refractivity contribution in [3.8, 4) is 17.2 Å². The van der Waals surface area contributed by atoms with Crippen molar-refractivity contribution in [1.82, 2.24) is 0 Å². The van der Waals surface area contributed by atoms with Crippen LogP contribution in [0.4, 0.5) is 0 Å². The lowest BCUT2D eigenvalue weighted by atomic mass is 9.78. The molecule has 5 heteroatoms. The Labute approximate surface area is 228 Å². The molecular weight excluding hydrogens is 476 g/mol. The predicted octanol–water partition coefficient (Wildman–Crippen LogP) is 7.50. The molecule has 0 aromatic heterocycles. The van der Waals surface area contributed by atoms with Crippen molar-refractivity contribution < 1.29 is 24.1 Å². The maximum Gasteiger partial charge on any atom is 0.128 e. The van der Waals surface area contributed by atoms with Gasteiger partial charge in [-0.05, 0) is 54.0 Å². The van der Waals surface area contributed by atoms with Gasteiger partial charge in [0.1, 0.15) is 30.5 Å². The van der Waals surface area contributed by atoms with E-state index in [4.69, 9.17) is 18.9 Å². The van der Waals surface area contributed by atoms with Crippen LogP contribution in [-0.2, 0) is 29.1 Å². The standard InChI is InChI=1S/C33H44O5/c1-22-15-26(31(34)28(17-22)20-35-7)19-27-16-23(2)18-29(21-36-8)32(27)38-14-13-37-30-11-9-25(10-12-30)24(3)33(4,5)6/h9-12,15-18,24,34H,13-14,19-21H2,1-8H3. The van der Waals surface area contributed by atoms with E-state index in [0.717, 1.165) is 44.9 Å². The van der Waals surface area contributed by atoms with Crippen LogP contribution in [0.3, 0.4) is 0 Å². The Balaban J connectivity index is 1.75. The average Bonchev–Trinajstić information content (AvgIpc) is 2.85. The summed E-state index contributed by atoms with van der Waals surface area (Å²) < 4.78 is 23.1. The summed E-state index contributed by atoms with van der Waals surface area (Å²) in [4.78, 5) is 0. The van der Waals surface area contributed by atoms with E-state index in [1.54, 1.807) is 14.2 Å². The maximum atomic E-state index is 10.9. The molecular formula is C33H44O5. The summed E-state index contributed by atoms with van der Waals surface area (Å²) >= 11 is 0. The van der Waals surface area contributed by atoms with E-state index in [9.17, 15) is 5.11 Å². The zero-order chi connectivity index (χ0) is 27.9. The molecule has 0 spiro atoms. The molecule has 0 aliphatic heterocycles. The highest BCUT2D eigenvalue weighted by molar-refractivity contribution is 5.51. The Hall–Kier alpha value is -3.02. The molecule has 1 unspecified atom stereocenters. The van der Waals surface area contributed by atoms with Gasteiger partial charge in [-0.15, -0.1) is 0 Å². The van der Waals surface area contributed by atoms with Crippen LogP contribution in [0.1, 0.15) is 72.6 Å². The monoisotopic (exact) mass is 520 g/mol. The molecule has 1 atom stereocenters. The van der Waals surface area contributed by atoms with Gasteiger partial charge < -0.3 is 24.1 Å². The number of hydrogen-bond donors (Lipinski definition) is 1. The minimum atomic E-state index is 0.211. The molecule has 3 aromatic carbocycles. The molecule has 1 N–H and O–H groups in total. The molecule has 0 bridgehead atoms. The normalized spacial score (nSPS) is 12.4. The number of methoxy groups -OCH3 is 2. The first-order valence-electron chi connectivity index (χ1n) is 13.3. The van der Waals surface area contributed by atoms with Gasteiger partial charge in [0.05, 0.1) is 13.2 Å². The van der Waals surface area contributed by atoms with Crippen molar-refractivity contribution in [2.45, 2.75) is 67.1 Å². The fraction of sp³-hybridized carbons (Fsp3) is 0.455. The van der Waals surface area contributed by atoms with E-state index < -0.39 is 0 Å². The maximum absolute atomic E-state index is 10.9. The smallest absolute Gasteiger partial charge is 0.128 e. The van der Waals surface area contributed by atoms with E-state index in [1.807, 2.05) is 31.2 Å². The Morgan fingerprint density at radius 1 is 0.737 bits per heavy atom. The first-order chi connectivity index (χ1) is 18.0. The second-order valence-electron chi connectivity index (χ2n) is 11.2. The van der Waals surface area contributed by atoms with Crippen molar-refractivity contribution in [3.63, 3.8) is 0 Å². The van der Waals surface area contributed by atoms with Crippen molar-refractivity contribution in [2.75, 3.05) is 27.4 Å². The molecule has 0 saturated carbocycles. The highest BCUT2D eigenvalue weighted by atomic mass is 16.5. The topological polar surface area (TPSA) is 57.2 Å². The highest BCUT2D eigenvalue weighted by Gasteiger charge is 2.21. The fourth-order valence-corrected chi connectivity index (χ4v) is 4.70. The van der Waals surface area contributed by atoms with Crippen molar-refractivity contribution in [3.05, 3.63) is 87.5 Å². The zero-order valence-corrected chi connectivity index (χ0v) is 24.3. The minimum absolute atomic E-state index is 0.211. The lowest BCUT2D eigenvalue weighted by molar-refractivity contribution is 0.174. The largest absolute Gasteiger partial charge is 0.507 e. The Morgan fingerprint density at radius 2 is 1.26 bits per heavy atom. The van der Waals surface area contributed by atoms with E-state index >= 15 is 0 Å².